The fraction of sp³-hybridized carbons (Fsp3) is 0.489. The summed E-state index contributed by atoms with van der Waals surface area (Å²) in [7, 11) is -2.26. The van der Waals surface area contributed by atoms with Gasteiger partial charge in [0.05, 0.1) is 20.3 Å². The summed E-state index contributed by atoms with van der Waals surface area (Å²) in [5.74, 6) is 2.89. The number of aromatic nitrogens is 1. The van der Waals surface area contributed by atoms with E-state index in [1.165, 1.54) is 23.8 Å². The third kappa shape index (κ3) is 8.58. The van der Waals surface area contributed by atoms with E-state index in [-0.39, 0.29) is 34.7 Å². The van der Waals surface area contributed by atoms with E-state index in [0.717, 1.165) is 67.6 Å². The Bertz CT molecular complexity index is 2210. The molecule has 1 aliphatic heterocycles. The number of carbonyl (C=O) groups is 1. The van der Waals surface area contributed by atoms with Gasteiger partial charge in [0.15, 0.2) is 11.5 Å². The number of hydrogen-bond acceptors (Lipinski definition) is 9. The zero-order chi connectivity index (χ0) is 41.4. The van der Waals surface area contributed by atoms with Crippen molar-refractivity contribution in [1.29, 1.82) is 0 Å². The van der Waals surface area contributed by atoms with E-state index in [9.17, 15) is 13.6 Å². The summed E-state index contributed by atoms with van der Waals surface area (Å²) < 4.78 is 54.5. The molecule has 5 atom stereocenters. The lowest BCUT2D eigenvalue weighted by Crippen LogP contribution is -2.53. The monoisotopic (exact) mass is 843 g/mol. The Balaban J connectivity index is 1.05. The van der Waals surface area contributed by atoms with Crippen molar-refractivity contribution in [1.82, 2.24) is 4.98 Å². The Morgan fingerprint density at radius 3 is 2.63 bits per heavy atom. The molecule has 0 radical (unpaired) electrons. The second-order valence-corrected chi connectivity index (χ2v) is 19.4. The van der Waals surface area contributed by atoms with Gasteiger partial charge in [0.1, 0.15) is 24.0 Å². The van der Waals surface area contributed by atoms with Crippen LogP contribution < -0.4 is 19.5 Å². The van der Waals surface area contributed by atoms with Crippen molar-refractivity contribution in [2.45, 2.75) is 113 Å². The van der Waals surface area contributed by atoms with Crippen LogP contribution >= 0.6 is 11.6 Å². The number of ether oxygens (including phenoxy) is 4. The molecule has 59 heavy (non-hydrogen) atoms. The standard InChI is InChI=1S/C47H55ClN2O8S/c1-30-11-13-38(14-12-30)59(52,53)57-29-37-16-22-55-42-27-39-33(25-43(42)58-37)24-34(23-31(2)28-56-41-15-21-49-40-10-5-7-32(3)44(40)41)46(39)17-19-47(20-18-46,45(51)54-4)50-36-9-6-8-35(48)26-36/h6,8-9,11-15,21,25-27,31-32,34,37,50H,5,7,10,16-20,22-24,28-29H2,1-4H3/p+1/t31-,32-,34+,37-,46?,47?/m1/s1. The van der Waals surface area contributed by atoms with Crippen molar-refractivity contribution in [3.63, 3.8) is 0 Å². The van der Waals surface area contributed by atoms with Gasteiger partial charge >= 0.3 is 16.5 Å². The van der Waals surface area contributed by atoms with Crippen molar-refractivity contribution in [2.24, 2.45) is 11.8 Å². The predicted octanol–water partition coefficient (Wildman–Crippen LogP) is 10.1. The highest BCUT2D eigenvalue weighted by Gasteiger charge is 2.55. The Morgan fingerprint density at radius 1 is 1.07 bits per heavy atom. The Morgan fingerprint density at radius 2 is 1.86 bits per heavy atom. The maximum Gasteiger partial charge on any atom is 0.388 e. The summed E-state index contributed by atoms with van der Waals surface area (Å²) in [6.45, 7) is 7.37. The number of nitrogens with one attached hydrogen (secondary N) is 1. The first-order valence-corrected chi connectivity index (χ1v) is 22.9. The van der Waals surface area contributed by atoms with Crippen molar-refractivity contribution in [2.75, 3.05) is 32.2 Å². The molecule has 0 bridgehead atoms. The lowest BCUT2D eigenvalue weighted by atomic mass is 9.59. The fourth-order valence-electron chi connectivity index (χ4n) is 10.1. The van der Waals surface area contributed by atoms with Crippen molar-refractivity contribution < 1.29 is 36.7 Å². The van der Waals surface area contributed by atoms with Gasteiger partial charge in [-0.05, 0) is 152 Å². The maximum atomic E-state index is 13.7. The molecule has 4 aliphatic rings. The average molecular weight is 844 g/mol. The Hall–Kier alpha value is -4.16. The van der Waals surface area contributed by atoms with E-state index in [1.54, 1.807) is 24.3 Å². The highest BCUT2D eigenvalue weighted by Crippen LogP contribution is 2.58. The fourth-order valence-corrected chi connectivity index (χ4v) is 11.2. The van der Waals surface area contributed by atoms with E-state index >= 15 is 0 Å². The number of carbonyl (C=O) groups excluding carboxylic acids is 1. The van der Waals surface area contributed by atoms with Gasteiger partial charge in [0.25, 0.3) is 0 Å². The number of methoxy groups -OCH3 is 1. The Kier molecular flexibility index (Phi) is 12.0. The molecule has 3 aliphatic carbocycles. The first-order chi connectivity index (χ1) is 28.4. The van der Waals surface area contributed by atoms with E-state index < -0.39 is 22.1 Å². The second kappa shape index (κ2) is 17.1. The van der Waals surface area contributed by atoms with Crippen LogP contribution in [0.2, 0.25) is 5.02 Å². The van der Waals surface area contributed by atoms with Crippen LogP contribution in [0.3, 0.4) is 0 Å². The van der Waals surface area contributed by atoms with Gasteiger partial charge < -0.3 is 24.3 Å². The number of anilines is 1. The van der Waals surface area contributed by atoms with Crippen LogP contribution in [-0.2, 0) is 46.7 Å². The molecule has 1 spiro atoms. The summed E-state index contributed by atoms with van der Waals surface area (Å²) in [4.78, 5) is 18.6. The van der Waals surface area contributed by atoms with Crippen LogP contribution in [-0.4, -0.2) is 54.1 Å². The van der Waals surface area contributed by atoms with Crippen LogP contribution in [0.1, 0.15) is 99.1 Å². The smallest absolute Gasteiger partial charge is 0.388 e. The van der Waals surface area contributed by atoms with Gasteiger partial charge in [-0.2, -0.15) is 4.55 Å². The lowest BCUT2D eigenvalue weighted by Gasteiger charge is -2.47. The molecule has 1 saturated carbocycles. The molecule has 2 heterocycles. The van der Waals surface area contributed by atoms with Crippen LogP contribution in [0.25, 0.3) is 0 Å². The molecule has 0 saturated heterocycles. The molecule has 8 rings (SSSR count). The van der Waals surface area contributed by atoms with Crippen molar-refractivity contribution >= 4 is 33.8 Å². The molecule has 4 aromatic rings. The van der Waals surface area contributed by atoms with Crippen LogP contribution in [0.4, 0.5) is 5.69 Å². The molecular weight excluding hydrogens is 788 g/mol. The molecular formula is C47H56ClN2O8S+. The summed E-state index contributed by atoms with van der Waals surface area (Å²) in [6, 6.07) is 20.6. The number of halogens is 1. The highest BCUT2D eigenvalue weighted by molar-refractivity contribution is 7.93. The predicted molar refractivity (Wildman–Crippen MR) is 229 cm³/mol. The first-order valence-electron chi connectivity index (χ1n) is 21.1. The topological polar surface area (TPSA) is 125 Å². The van der Waals surface area contributed by atoms with Crippen molar-refractivity contribution in [3.8, 4) is 17.2 Å². The number of benzene rings is 3. The molecule has 3 aromatic carbocycles. The second-order valence-electron chi connectivity index (χ2n) is 17.3. The number of fused-ring (bicyclic) bond motifs is 4. The van der Waals surface area contributed by atoms with Gasteiger partial charge in [-0.1, -0.05) is 49.2 Å². The third-order valence-corrected chi connectivity index (χ3v) is 14.8. The molecule has 314 valence electrons. The van der Waals surface area contributed by atoms with Crippen LogP contribution in [0.15, 0.2) is 77.8 Å². The van der Waals surface area contributed by atoms with Crippen LogP contribution in [0.5, 0.6) is 17.2 Å². The average Bonchev–Trinajstić information content (AvgIpc) is 3.34. The Labute approximate surface area is 354 Å². The summed E-state index contributed by atoms with van der Waals surface area (Å²) in [6.07, 6.45) is 9.62. The summed E-state index contributed by atoms with van der Waals surface area (Å²) in [5, 5.41) is 4.15. The van der Waals surface area contributed by atoms with Gasteiger partial charge in [-0.3, -0.25) is 4.98 Å². The number of nitrogens with zero attached hydrogens (tertiary/aromatic N) is 1. The number of pyridine rings is 1. The largest absolute Gasteiger partial charge is 0.493 e. The van der Waals surface area contributed by atoms with Crippen molar-refractivity contribution in [3.05, 3.63) is 106 Å². The van der Waals surface area contributed by atoms with Gasteiger partial charge in [0, 0.05) is 34.6 Å². The molecule has 2 N–H and O–H groups in total. The van der Waals surface area contributed by atoms with E-state index in [0.29, 0.717) is 54.9 Å². The van der Waals surface area contributed by atoms with E-state index in [4.69, 9.17) is 34.7 Å². The minimum absolute atomic E-state index is 0.0676. The zero-order valence-corrected chi connectivity index (χ0v) is 36.0. The molecule has 10 nitrogen and oxygen atoms in total. The number of esters is 1. The first kappa shape index (κ1) is 41.6. The molecule has 1 aromatic heterocycles. The summed E-state index contributed by atoms with van der Waals surface area (Å²) >= 11 is 6.37. The zero-order valence-electron chi connectivity index (χ0n) is 34.5. The molecule has 1 fully saturated rings. The van der Waals surface area contributed by atoms with Gasteiger partial charge in [-0.15, -0.1) is 4.18 Å². The van der Waals surface area contributed by atoms with E-state index in [1.807, 2.05) is 43.5 Å². The van der Waals surface area contributed by atoms with E-state index in [2.05, 4.69) is 36.3 Å². The van der Waals surface area contributed by atoms with Gasteiger partial charge in [0.2, 0.25) is 4.90 Å². The third-order valence-electron chi connectivity index (χ3n) is 13.2. The highest BCUT2D eigenvalue weighted by atomic mass is 35.5. The molecule has 12 heteroatoms. The van der Waals surface area contributed by atoms with Crippen LogP contribution in [0, 0.1) is 18.8 Å². The molecule has 1 unspecified atom stereocenters. The quantitative estimate of drug-likeness (QED) is 0.105. The lowest BCUT2D eigenvalue weighted by molar-refractivity contribution is -0.148. The minimum atomic E-state index is -3.71. The molecule has 0 amide bonds. The SMILES string of the molecule is COC(=O)C1(Nc2cccc(Cl)c2)CCC2(CC1)c1cc3c(cc1C[C@@H]2C[C@@H](C)COc1ccnc2c1[C@H](C)CCC2)O[C@@H](CO[S+](=O)(O)c1ccc(C)cc1)CCO3. The number of aryl methyl sites for hydroxylation is 2. The number of rotatable bonds is 12. The maximum absolute atomic E-state index is 13.7. The van der Waals surface area contributed by atoms with Gasteiger partial charge in [-0.25, -0.2) is 4.79 Å². The minimum Gasteiger partial charge on any atom is -0.493 e. The summed E-state index contributed by atoms with van der Waals surface area (Å²) in [5.41, 5.74) is 5.49. The normalized spacial score (nSPS) is 26.2. The number of hydrogen-bond donors (Lipinski definition) is 2.